The highest BCUT2D eigenvalue weighted by molar-refractivity contribution is 7.90. The van der Waals surface area contributed by atoms with Crippen LogP contribution in [0.2, 0.25) is 0 Å². The fourth-order valence-electron chi connectivity index (χ4n) is 1.82. The number of benzene rings is 1. The van der Waals surface area contributed by atoms with Gasteiger partial charge in [-0.25, -0.2) is 22.2 Å². The van der Waals surface area contributed by atoms with Crippen LogP contribution in [-0.2, 0) is 15.6 Å². The number of halogens is 2. The minimum Gasteiger partial charge on any atom is -0.384 e. The van der Waals surface area contributed by atoms with Crippen LogP contribution in [0.25, 0.3) is 0 Å². The Hall–Kier alpha value is -2.55. The molecule has 1 aromatic carbocycles. The molecule has 0 saturated heterocycles. The van der Waals surface area contributed by atoms with Gasteiger partial charge in [-0.2, -0.15) is 0 Å². The van der Waals surface area contributed by atoms with Gasteiger partial charge in [0.05, 0.1) is 16.2 Å². The average molecular weight is 326 g/mol. The van der Waals surface area contributed by atoms with Crippen LogP contribution in [0.5, 0.6) is 0 Å². The number of nitrogens with two attached hydrogens (primary N) is 2. The van der Waals surface area contributed by atoms with Crippen molar-refractivity contribution in [3.05, 3.63) is 53.2 Å². The predicted molar refractivity (Wildman–Crippen MR) is 76.9 cm³/mol. The second-order valence-corrected chi connectivity index (χ2v) is 6.54. The quantitative estimate of drug-likeness (QED) is 0.575. The largest absolute Gasteiger partial charge is 0.384 e. The summed E-state index contributed by atoms with van der Waals surface area (Å²) < 4.78 is 50.7. The van der Waals surface area contributed by atoms with Gasteiger partial charge in [-0.3, -0.25) is 5.41 Å². The van der Waals surface area contributed by atoms with Crippen molar-refractivity contribution in [1.29, 1.82) is 5.41 Å². The van der Waals surface area contributed by atoms with E-state index in [4.69, 9.17) is 16.9 Å². The van der Waals surface area contributed by atoms with Crippen molar-refractivity contribution < 1.29 is 17.2 Å². The highest BCUT2D eigenvalue weighted by Crippen LogP contribution is 2.20. The minimum atomic E-state index is -3.99. The molecule has 1 heterocycles. The SMILES string of the molecule is N=C(N)c1cc(CS(=O)(=O)c2cc(F)cc(F)c2)cnc1N. The van der Waals surface area contributed by atoms with Crippen LogP contribution in [0.3, 0.4) is 0 Å². The van der Waals surface area contributed by atoms with Crippen molar-refractivity contribution in [3.8, 4) is 0 Å². The average Bonchev–Trinajstić information content (AvgIpc) is 2.39. The molecule has 0 saturated carbocycles. The molecule has 0 aliphatic rings. The van der Waals surface area contributed by atoms with E-state index in [1.54, 1.807) is 0 Å². The highest BCUT2D eigenvalue weighted by Gasteiger charge is 2.19. The third kappa shape index (κ3) is 3.37. The fourth-order valence-corrected chi connectivity index (χ4v) is 3.17. The van der Waals surface area contributed by atoms with Gasteiger partial charge in [-0.1, -0.05) is 0 Å². The summed E-state index contributed by atoms with van der Waals surface area (Å²) in [4.78, 5) is 3.28. The summed E-state index contributed by atoms with van der Waals surface area (Å²) in [5.41, 5.74) is 11.1. The molecule has 9 heteroatoms. The Bertz CT molecular complexity index is 833. The predicted octanol–water partition coefficient (Wildman–Crippen LogP) is 1.20. The number of hydrogen-bond donors (Lipinski definition) is 3. The zero-order valence-electron chi connectivity index (χ0n) is 11.2. The maximum atomic E-state index is 13.1. The molecule has 0 radical (unpaired) electrons. The lowest BCUT2D eigenvalue weighted by Crippen LogP contribution is -2.16. The lowest BCUT2D eigenvalue weighted by Gasteiger charge is -2.08. The summed E-state index contributed by atoms with van der Waals surface area (Å²) >= 11 is 0. The molecule has 22 heavy (non-hydrogen) atoms. The van der Waals surface area contributed by atoms with Crippen LogP contribution in [0, 0.1) is 17.0 Å². The lowest BCUT2D eigenvalue weighted by atomic mass is 10.2. The van der Waals surface area contributed by atoms with E-state index in [2.05, 4.69) is 4.98 Å². The molecule has 0 aliphatic carbocycles. The molecular formula is C13H12F2N4O2S. The number of aromatic nitrogens is 1. The van der Waals surface area contributed by atoms with Gasteiger partial charge in [0.2, 0.25) is 0 Å². The Balaban J connectivity index is 2.41. The van der Waals surface area contributed by atoms with Crippen molar-refractivity contribution in [2.24, 2.45) is 5.73 Å². The van der Waals surface area contributed by atoms with Gasteiger partial charge in [0.25, 0.3) is 0 Å². The summed E-state index contributed by atoms with van der Waals surface area (Å²) in [6.45, 7) is 0. The molecule has 0 unspecified atom stereocenters. The van der Waals surface area contributed by atoms with Gasteiger partial charge in [-0.05, 0) is 23.8 Å². The maximum Gasteiger partial charge on any atom is 0.182 e. The molecule has 0 aliphatic heterocycles. The number of nitrogens with zero attached hydrogens (tertiary/aromatic N) is 1. The standard InChI is InChI=1S/C13H12F2N4O2S/c14-8-2-9(15)4-10(3-8)22(20,21)6-7-1-11(12(16)17)13(18)19-5-7/h1-5H,6H2,(H3,16,17)(H2,18,19). The van der Waals surface area contributed by atoms with Crippen LogP contribution in [0.1, 0.15) is 11.1 Å². The Morgan fingerprint density at radius 2 is 1.77 bits per heavy atom. The van der Waals surface area contributed by atoms with Crippen LogP contribution < -0.4 is 11.5 Å². The van der Waals surface area contributed by atoms with Crippen molar-refractivity contribution in [2.75, 3.05) is 5.73 Å². The number of nitrogen functional groups attached to an aromatic ring is 2. The molecule has 1 aromatic heterocycles. The Labute approximate surface area is 125 Å². The molecule has 2 rings (SSSR count). The van der Waals surface area contributed by atoms with E-state index in [0.717, 1.165) is 12.1 Å². The number of nitrogens with one attached hydrogen (secondary N) is 1. The molecular weight excluding hydrogens is 314 g/mol. The van der Waals surface area contributed by atoms with Crippen LogP contribution >= 0.6 is 0 Å². The monoisotopic (exact) mass is 326 g/mol. The van der Waals surface area contributed by atoms with Gasteiger partial charge in [0.15, 0.2) is 9.84 Å². The van der Waals surface area contributed by atoms with Gasteiger partial charge >= 0.3 is 0 Å². The normalized spacial score (nSPS) is 11.4. The lowest BCUT2D eigenvalue weighted by molar-refractivity contribution is 0.566. The third-order valence-corrected chi connectivity index (χ3v) is 4.48. The number of rotatable bonds is 4. The van der Waals surface area contributed by atoms with Crippen molar-refractivity contribution in [1.82, 2.24) is 4.98 Å². The zero-order chi connectivity index (χ0) is 16.5. The third-order valence-electron chi connectivity index (χ3n) is 2.82. The van der Waals surface area contributed by atoms with E-state index in [1.165, 1.54) is 12.3 Å². The second kappa shape index (κ2) is 5.68. The van der Waals surface area contributed by atoms with Crippen molar-refractivity contribution in [2.45, 2.75) is 10.6 Å². The minimum absolute atomic E-state index is 0.00884. The number of hydrogen-bond acceptors (Lipinski definition) is 5. The first-order valence-electron chi connectivity index (χ1n) is 5.96. The van der Waals surface area contributed by atoms with Gasteiger partial charge in [0, 0.05) is 12.3 Å². The second-order valence-electron chi connectivity index (χ2n) is 4.55. The van der Waals surface area contributed by atoms with Gasteiger partial charge < -0.3 is 11.5 Å². The van der Waals surface area contributed by atoms with E-state index < -0.39 is 32.1 Å². The summed E-state index contributed by atoms with van der Waals surface area (Å²) in [5.74, 6) is -2.90. The molecule has 0 spiro atoms. The Morgan fingerprint density at radius 1 is 1.18 bits per heavy atom. The smallest absolute Gasteiger partial charge is 0.182 e. The molecule has 5 N–H and O–H groups in total. The van der Waals surface area contributed by atoms with Crippen LogP contribution in [0.4, 0.5) is 14.6 Å². The first-order chi connectivity index (χ1) is 10.2. The Morgan fingerprint density at radius 3 is 2.32 bits per heavy atom. The fraction of sp³-hybridized carbons (Fsp3) is 0.0769. The summed E-state index contributed by atoms with van der Waals surface area (Å²) in [7, 11) is -3.99. The number of sulfone groups is 1. The number of anilines is 1. The summed E-state index contributed by atoms with van der Waals surface area (Å²) in [6, 6.07) is 3.35. The topological polar surface area (TPSA) is 123 Å². The zero-order valence-corrected chi connectivity index (χ0v) is 12.0. The Kier molecular flexibility index (Phi) is 4.09. The highest BCUT2D eigenvalue weighted by atomic mass is 32.2. The molecule has 0 amide bonds. The van der Waals surface area contributed by atoms with Gasteiger partial charge in [0.1, 0.15) is 23.3 Å². The van der Waals surface area contributed by atoms with E-state index >= 15 is 0 Å². The molecule has 0 atom stereocenters. The number of pyridine rings is 1. The van der Waals surface area contributed by atoms with E-state index in [-0.39, 0.29) is 22.8 Å². The molecule has 2 aromatic rings. The molecule has 116 valence electrons. The molecule has 0 bridgehead atoms. The van der Waals surface area contributed by atoms with Crippen molar-refractivity contribution in [3.63, 3.8) is 0 Å². The van der Waals surface area contributed by atoms with Gasteiger partial charge in [-0.15, -0.1) is 0 Å². The summed E-state index contributed by atoms with van der Waals surface area (Å²) in [5, 5.41) is 7.33. The summed E-state index contributed by atoms with van der Waals surface area (Å²) in [6.07, 6.45) is 1.20. The van der Waals surface area contributed by atoms with E-state index in [0.29, 0.717) is 6.07 Å². The van der Waals surface area contributed by atoms with Crippen molar-refractivity contribution >= 4 is 21.5 Å². The van der Waals surface area contributed by atoms with Crippen LogP contribution in [-0.4, -0.2) is 19.2 Å². The first kappa shape index (κ1) is 15.8. The first-order valence-corrected chi connectivity index (χ1v) is 7.62. The maximum absolute atomic E-state index is 13.1. The van der Waals surface area contributed by atoms with Crippen LogP contribution in [0.15, 0.2) is 35.4 Å². The van der Waals surface area contributed by atoms with E-state index in [1.807, 2.05) is 0 Å². The molecule has 0 fully saturated rings. The number of amidine groups is 1. The molecule has 6 nitrogen and oxygen atoms in total. The van der Waals surface area contributed by atoms with E-state index in [9.17, 15) is 17.2 Å².